The van der Waals surface area contributed by atoms with Crippen LogP contribution < -0.4 is 4.90 Å². The number of aliphatic imine (C=N–C) groups is 1. The number of hydrogen-bond acceptors (Lipinski definition) is 6. The summed E-state index contributed by atoms with van der Waals surface area (Å²) in [5.41, 5.74) is 0.810. The number of rotatable bonds is 7. The number of anilines is 1. The second kappa shape index (κ2) is 9.91. The quantitative estimate of drug-likeness (QED) is 0.670. The Morgan fingerprint density at radius 1 is 1.34 bits per heavy atom. The molecule has 2 aliphatic rings. The summed E-state index contributed by atoms with van der Waals surface area (Å²) in [6.07, 6.45) is 7.51. The van der Waals surface area contributed by atoms with E-state index in [1.165, 1.54) is 11.8 Å². The number of carbonyl (C=O) groups excluding carboxylic acids is 1. The van der Waals surface area contributed by atoms with Crippen LogP contribution in [0.25, 0.3) is 0 Å². The van der Waals surface area contributed by atoms with Crippen molar-refractivity contribution in [3.8, 4) is 0 Å². The van der Waals surface area contributed by atoms with Crippen molar-refractivity contribution in [3.05, 3.63) is 65.3 Å². The molecule has 7 heteroatoms. The van der Waals surface area contributed by atoms with Gasteiger partial charge in [0.2, 0.25) is 0 Å². The summed E-state index contributed by atoms with van der Waals surface area (Å²) in [6.45, 7) is 3.71. The molecule has 0 bridgehead atoms. The zero-order chi connectivity index (χ0) is 20.8. The zero-order valence-corrected chi connectivity index (χ0v) is 17.4. The van der Waals surface area contributed by atoms with E-state index in [0.717, 1.165) is 5.69 Å². The van der Waals surface area contributed by atoms with E-state index in [4.69, 9.17) is 9.84 Å². The summed E-state index contributed by atoms with van der Waals surface area (Å²) in [4.78, 5) is 20.1. The van der Waals surface area contributed by atoms with Gasteiger partial charge in [-0.3, -0.25) is 14.7 Å². The first-order valence-corrected chi connectivity index (χ1v) is 10.5. The average Bonchev–Trinajstić information content (AvgIpc) is 3.01. The monoisotopic (exact) mass is 414 g/mol. The lowest BCUT2D eigenvalue weighted by molar-refractivity contribution is -0.113. The van der Waals surface area contributed by atoms with Gasteiger partial charge in [0, 0.05) is 12.0 Å². The standard InChI is InChI=1S/C22H26N2O4S/c1-15(2)23-22-24(17-6-4-3-5-7-17)21(27)20(29-22)12-16-8-10-19(11-9-16)28-14-18(26)13-25/h3-8,10-12,15-16,18,25-26H,9,13-14H2,1-2H3/b20-12-,23-22?. The molecule has 2 N–H and O–H groups in total. The number of benzene rings is 1. The van der Waals surface area contributed by atoms with Gasteiger partial charge >= 0.3 is 0 Å². The van der Waals surface area contributed by atoms with Crippen LogP contribution in [0.2, 0.25) is 0 Å². The van der Waals surface area contributed by atoms with Crippen molar-refractivity contribution >= 4 is 28.5 Å². The number of aliphatic hydroxyl groups excluding tert-OH is 2. The van der Waals surface area contributed by atoms with Gasteiger partial charge in [0.15, 0.2) is 5.17 Å². The van der Waals surface area contributed by atoms with E-state index in [9.17, 15) is 9.90 Å². The van der Waals surface area contributed by atoms with Gasteiger partial charge in [-0.25, -0.2) is 0 Å². The highest BCUT2D eigenvalue weighted by molar-refractivity contribution is 8.19. The van der Waals surface area contributed by atoms with Gasteiger partial charge < -0.3 is 14.9 Å². The molecule has 2 atom stereocenters. The van der Waals surface area contributed by atoms with Crippen LogP contribution in [0.4, 0.5) is 5.69 Å². The SMILES string of the molecule is CC(C)N=C1S/C(=C\C2C=CC(OCC(O)CO)=CC2)C(=O)N1c1ccccc1. The maximum atomic E-state index is 13.1. The van der Waals surface area contributed by atoms with Gasteiger partial charge in [-0.2, -0.15) is 0 Å². The lowest BCUT2D eigenvalue weighted by atomic mass is 9.99. The van der Waals surface area contributed by atoms with E-state index >= 15 is 0 Å². The molecule has 1 amide bonds. The fourth-order valence-electron chi connectivity index (χ4n) is 2.89. The van der Waals surface area contributed by atoms with E-state index in [0.29, 0.717) is 22.3 Å². The number of para-hydroxylation sites is 1. The summed E-state index contributed by atoms with van der Waals surface area (Å²) in [5.74, 6) is 0.671. The van der Waals surface area contributed by atoms with Gasteiger partial charge in [-0.15, -0.1) is 0 Å². The van der Waals surface area contributed by atoms with Crippen molar-refractivity contribution in [2.24, 2.45) is 10.9 Å². The second-order valence-corrected chi connectivity index (χ2v) is 8.14. The third kappa shape index (κ3) is 5.59. The van der Waals surface area contributed by atoms with Crippen LogP contribution in [0.15, 0.2) is 70.3 Å². The molecule has 1 fully saturated rings. The number of amidine groups is 1. The Bertz CT molecular complexity index is 846. The first-order chi connectivity index (χ1) is 14.0. The molecule has 1 aliphatic carbocycles. The Hall–Kier alpha value is -2.35. The minimum atomic E-state index is -0.890. The van der Waals surface area contributed by atoms with Crippen LogP contribution >= 0.6 is 11.8 Å². The third-order valence-electron chi connectivity index (χ3n) is 4.31. The van der Waals surface area contributed by atoms with Gasteiger partial charge in [0.05, 0.1) is 17.2 Å². The van der Waals surface area contributed by atoms with Gasteiger partial charge in [-0.05, 0) is 56.3 Å². The Balaban J connectivity index is 1.73. The van der Waals surface area contributed by atoms with Crippen LogP contribution in [-0.2, 0) is 9.53 Å². The zero-order valence-electron chi connectivity index (χ0n) is 16.6. The average molecular weight is 415 g/mol. The highest BCUT2D eigenvalue weighted by atomic mass is 32.2. The van der Waals surface area contributed by atoms with Crippen LogP contribution in [0.3, 0.4) is 0 Å². The molecule has 6 nitrogen and oxygen atoms in total. The lowest BCUT2D eigenvalue weighted by Crippen LogP contribution is -2.29. The number of aliphatic hydroxyl groups is 2. The summed E-state index contributed by atoms with van der Waals surface area (Å²) >= 11 is 1.40. The molecular formula is C22H26N2O4S. The van der Waals surface area contributed by atoms with E-state index < -0.39 is 6.10 Å². The van der Waals surface area contributed by atoms with Crippen molar-refractivity contribution in [2.75, 3.05) is 18.1 Å². The largest absolute Gasteiger partial charge is 0.491 e. The maximum Gasteiger partial charge on any atom is 0.271 e. The number of carbonyl (C=O) groups is 1. The van der Waals surface area contributed by atoms with Crippen molar-refractivity contribution in [3.63, 3.8) is 0 Å². The Morgan fingerprint density at radius 3 is 2.72 bits per heavy atom. The molecule has 1 aliphatic heterocycles. The van der Waals surface area contributed by atoms with Crippen molar-refractivity contribution < 1.29 is 19.7 Å². The molecular weight excluding hydrogens is 388 g/mol. The molecule has 154 valence electrons. The Labute approximate surface area is 175 Å². The normalized spacial score (nSPS) is 23.2. The number of nitrogens with zero attached hydrogens (tertiary/aromatic N) is 2. The van der Waals surface area contributed by atoms with E-state index in [1.807, 2.05) is 68.5 Å². The summed E-state index contributed by atoms with van der Waals surface area (Å²) in [5, 5.41) is 18.9. The van der Waals surface area contributed by atoms with Crippen molar-refractivity contribution in [2.45, 2.75) is 32.4 Å². The fraction of sp³-hybridized carbons (Fsp3) is 0.364. The van der Waals surface area contributed by atoms with Crippen molar-refractivity contribution in [1.82, 2.24) is 0 Å². The molecule has 0 spiro atoms. The third-order valence-corrected chi connectivity index (χ3v) is 5.31. The fourth-order valence-corrected chi connectivity index (χ4v) is 4.05. The topological polar surface area (TPSA) is 82.4 Å². The van der Waals surface area contributed by atoms with E-state index in [2.05, 4.69) is 4.99 Å². The Kier molecular flexibility index (Phi) is 7.30. The summed E-state index contributed by atoms with van der Waals surface area (Å²) < 4.78 is 5.45. The highest BCUT2D eigenvalue weighted by Crippen LogP contribution is 2.36. The molecule has 0 radical (unpaired) electrons. The first kappa shape index (κ1) is 21.4. The van der Waals surface area contributed by atoms with Crippen LogP contribution in [-0.4, -0.2) is 46.6 Å². The number of thioether (sulfide) groups is 1. The number of amides is 1. The lowest BCUT2D eigenvalue weighted by Gasteiger charge is -2.16. The molecule has 2 unspecified atom stereocenters. The molecule has 0 saturated carbocycles. The predicted octanol–water partition coefficient (Wildman–Crippen LogP) is 3.24. The summed E-state index contributed by atoms with van der Waals surface area (Å²) in [6, 6.07) is 9.64. The van der Waals surface area contributed by atoms with Gasteiger partial charge in [-0.1, -0.05) is 30.4 Å². The molecule has 1 aromatic rings. The molecule has 1 saturated heterocycles. The van der Waals surface area contributed by atoms with Crippen LogP contribution in [0.1, 0.15) is 20.3 Å². The molecule has 1 aromatic carbocycles. The van der Waals surface area contributed by atoms with E-state index in [-0.39, 0.29) is 31.1 Å². The number of hydrogen-bond donors (Lipinski definition) is 2. The van der Waals surface area contributed by atoms with Gasteiger partial charge in [0.25, 0.3) is 5.91 Å². The van der Waals surface area contributed by atoms with Gasteiger partial charge in [0.1, 0.15) is 18.5 Å². The van der Waals surface area contributed by atoms with E-state index in [1.54, 1.807) is 4.90 Å². The highest BCUT2D eigenvalue weighted by Gasteiger charge is 2.35. The second-order valence-electron chi connectivity index (χ2n) is 7.13. The van der Waals surface area contributed by atoms with Crippen molar-refractivity contribution in [1.29, 1.82) is 0 Å². The molecule has 29 heavy (non-hydrogen) atoms. The van der Waals surface area contributed by atoms with Crippen LogP contribution in [0.5, 0.6) is 0 Å². The first-order valence-electron chi connectivity index (χ1n) is 9.65. The number of allylic oxidation sites excluding steroid dienone is 4. The number of ether oxygens (including phenoxy) is 1. The smallest absolute Gasteiger partial charge is 0.271 e. The Morgan fingerprint density at radius 2 is 2.10 bits per heavy atom. The summed E-state index contributed by atoms with van der Waals surface area (Å²) in [7, 11) is 0. The minimum Gasteiger partial charge on any atom is -0.491 e. The molecule has 1 heterocycles. The minimum absolute atomic E-state index is 0.0494. The maximum absolute atomic E-state index is 13.1. The molecule has 0 aromatic heterocycles. The van der Waals surface area contributed by atoms with Crippen LogP contribution in [0, 0.1) is 5.92 Å². The predicted molar refractivity (Wildman–Crippen MR) is 117 cm³/mol. The molecule has 3 rings (SSSR count).